The zero-order chi connectivity index (χ0) is 24.5. The highest BCUT2D eigenvalue weighted by Crippen LogP contribution is 2.33. The zero-order valence-electron chi connectivity index (χ0n) is 16.9. The smallest absolute Gasteiger partial charge is 0.449 e. The van der Waals surface area contributed by atoms with Crippen LogP contribution in [-0.2, 0) is 0 Å². The topological polar surface area (TPSA) is 80.6 Å². The molecule has 0 spiro atoms. The van der Waals surface area contributed by atoms with Crippen LogP contribution in [0, 0.1) is 0 Å². The van der Waals surface area contributed by atoms with Crippen LogP contribution in [0.15, 0.2) is 75.6 Å². The van der Waals surface area contributed by atoms with E-state index in [2.05, 4.69) is 31.3 Å². The maximum atomic E-state index is 13.0. The highest BCUT2D eigenvalue weighted by atomic mass is 79.9. The van der Waals surface area contributed by atoms with E-state index in [9.17, 15) is 22.8 Å². The van der Waals surface area contributed by atoms with Crippen LogP contribution in [0.4, 0.5) is 24.5 Å². The van der Waals surface area contributed by atoms with Crippen molar-refractivity contribution in [2.75, 3.05) is 10.6 Å². The summed E-state index contributed by atoms with van der Waals surface area (Å²) in [5, 5.41) is 5.89. The molecule has 2 N–H and O–H groups in total. The van der Waals surface area contributed by atoms with Crippen molar-refractivity contribution >= 4 is 61.7 Å². The Morgan fingerprint density at radius 2 is 1.65 bits per heavy atom. The molecular weight excluding hydrogens is 541 g/mol. The molecule has 0 unspecified atom stereocenters. The monoisotopic (exact) mass is 552 g/mol. The fraction of sp³-hybridized carbons (Fsp3) is 0.0435. The van der Waals surface area contributed by atoms with Gasteiger partial charge in [0.2, 0.25) is 5.76 Å². The lowest BCUT2D eigenvalue weighted by Crippen LogP contribution is -2.18. The van der Waals surface area contributed by atoms with Gasteiger partial charge in [0, 0.05) is 15.5 Å². The number of rotatable bonds is 5. The number of furan rings is 1. The molecule has 6 nitrogen and oxygen atoms in total. The minimum absolute atomic E-state index is 0.117. The van der Waals surface area contributed by atoms with Crippen molar-refractivity contribution < 1.29 is 31.9 Å². The van der Waals surface area contributed by atoms with E-state index < -0.39 is 23.9 Å². The summed E-state index contributed by atoms with van der Waals surface area (Å²) in [6.45, 7) is 0. The van der Waals surface area contributed by atoms with Gasteiger partial charge in [-0.25, -0.2) is 0 Å². The fourth-order valence-corrected chi connectivity index (χ4v) is 3.67. The van der Waals surface area contributed by atoms with Crippen molar-refractivity contribution in [3.05, 3.63) is 87.5 Å². The van der Waals surface area contributed by atoms with E-state index in [1.807, 2.05) is 0 Å². The van der Waals surface area contributed by atoms with Crippen LogP contribution in [0.25, 0.3) is 11.0 Å². The quantitative estimate of drug-likeness (QED) is 0.273. The molecule has 0 bridgehead atoms. The van der Waals surface area contributed by atoms with E-state index in [1.165, 1.54) is 18.2 Å². The van der Waals surface area contributed by atoms with E-state index in [1.54, 1.807) is 36.4 Å². The van der Waals surface area contributed by atoms with Crippen LogP contribution < -0.4 is 15.4 Å². The summed E-state index contributed by atoms with van der Waals surface area (Å²) in [7, 11) is 0. The van der Waals surface area contributed by atoms with E-state index in [-0.39, 0.29) is 27.7 Å². The highest BCUT2D eigenvalue weighted by Gasteiger charge is 2.31. The van der Waals surface area contributed by atoms with Gasteiger partial charge in [-0.05, 0) is 54.6 Å². The minimum atomic E-state index is -4.83. The Balaban J connectivity index is 1.62. The van der Waals surface area contributed by atoms with Gasteiger partial charge in [0.05, 0.1) is 10.6 Å². The number of carbonyl (C=O) groups excluding carboxylic acids is 2. The number of hydrogen-bond donors (Lipinski definition) is 2. The lowest BCUT2D eigenvalue weighted by molar-refractivity contribution is -0.274. The number of carbonyl (C=O) groups is 2. The third-order valence-electron chi connectivity index (χ3n) is 4.56. The first kappa shape index (κ1) is 23.7. The fourth-order valence-electron chi connectivity index (χ4n) is 3.11. The molecule has 2 amide bonds. The molecule has 0 radical (unpaired) electrons. The second-order valence-electron chi connectivity index (χ2n) is 6.91. The molecule has 0 aliphatic heterocycles. The standard InChI is InChI=1S/C23H13BrClF3N2O4/c24-12-5-10-17(25)16(11-12)21(31)30-19-15-3-1-2-4-18(15)33-20(19)22(32)29-13-6-8-14(9-7-13)34-23(26,27)28/h1-11H,(H,29,32)(H,30,31). The second kappa shape index (κ2) is 9.40. The summed E-state index contributed by atoms with van der Waals surface area (Å²) >= 11 is 9.43. The number of ether oxygens (including phenoxy) is 1. The SMILES string of the molecule is O=C(Nc1c(C(=O)Nc2ccc(OC(F)(F)F)cc2)oc2ccccc12)c1cc(Br)ccc1Cl. The van der Waals surface area contributed by atoms with Crippen LogP contribution in [-0.4, -0.2) is 18.2 Å². The minimum Gasteiger partial charge on any atom is -0.449 e. The maximum absolute atomic E-state index is 13.0. The summed E-state index contributed by atoms with van der Waals surface area (Å²) in [6.07, 6.45) is -4.83. The van der Waals surface area contributed by atoms with E-state index in [0.29, 0.717) is 15.4 Å². The van der Waals surface area contributed by atoms with Gasteiger partial charge >= 0.3 is 6.36 Å². The number of nitrogens with one attached hydrogen (secondary N) is 2. The van der Waals surface area contributed by atoms with Crippen LogP contribution in [0.2, 0.25) is 5.02 Å². The number of para-hydroxylation sites is 1. The molecule has 0 aliphatic carbocycles. The third kappa shape index (κ3) is 5.35. The molecule has 1 aromatic heterocycles. The normalized spacial score (nSPS) is 11.3. The highest BCUT2D eigenvalue weighted by molar-refractivity contribution is 9.10. The van der Waals surface area contributed by atoms with Gasteiger partial charge in [0.1, 0.15) is 17.0 Å². The van der Waals surface area contributed by atoms with Crippen LogP contribution in [0.5, 0.6) is 5.75 Å². The molecule has 1 heterocycles. The molecule has 0 saturated carbocycles. The van der Waals surface area contributed by atoms with Crippen molar-refractivity contribution in [1.29, 1.82) is 0 Å². The number of benzene rings is 3. The van der Waals surface area contributed by atoms with Crippen molar-refractivity contribution in [3.8, 4) is 5.75 Å². The molecular formula is C23H13BrClF3N2O4. The molecule has 0 fully saturated rings. The van der Waals surface area contributed by atoms with Crippen LogP contribution >= 0.6 is 27.5 Å². The average molecular weight is 554 g/mol. The Labute approximate surface area is 203 Å². The van der Waals surface area contributed by atoms with Gasteiger partial charge in [0.25, 0.3) is 11.8 Å². The second-order valence-corrected chi connectivity index (χ2v) is 8.23. The van der Waals surface area contributed by atoms with Crippen molar-refractivity contribution in [3.63, 3.8) is 0 Å². The molecule has 0 saturated heterocycles. The van der Waals surface area contributed by atoms with Gasteiger partial charge in [0.15, 0.2) is 0 Å². The van der Waals surface area contributed by atoms with Gasteiger partial charge in [-0.15, -0.1) is 13.2 Å². The Kier molecular flexibility index (Phi) is 6.54. The summed E-state index contributed by atoms with van der Waals surface area (Å²) in [6, 6.07) is 16.0. The number of alkyl halides is 3. The van der Waals surface area contributed by atoms with Gasteiger partial charge in [-0.3, -0.25) is 9.59 Å². The largest absolute Gasteiger partial charge is 0.573 e. The van der Waals surface area contributed by atoms with Crippen molar-refractivity contribution in [2.24, 2.45) is 0 Å². The van der Waals surface area contributed by atoms with Crippen LogP contribution in [0.1, 0.15) is 20.9 Å². The Hall–Kier alpha value is -3.50. The van der Waals surface area contributed by atoms with Gasteiger partial charge in [-0.1, -0.05) is 39.7 Å². The van der Waals surface area contributed by atoms with E-state index in [0.717, 1.165) is 12.1 Å². The first-order valence-corrected chi connectivity index (χ1v) is 10.7. The molecule has 174 valence electrons. The lowest BCUT2D eigenvalue weighted by Gasteiger charge is -2.10. The molecule has 4 aromatic rings. The summed E-state index contributed by atoms with van der Waals surface area (Å²) in [5.41, 5.74) is 0.823. The lowest BCUT2D eigenvalue weighted by atomic mass is 10.1. The first-order valence-electron chi connectivity index (χ1n) is 9.56. The first-order chi connectivity index (χ1) is 16.1. The van der Waals surface area contributed by atoms with Gasteiger partial charge < -0.3 is 19.8 Å². The maximum Gasteiger partial charge on any atom is 0.573 e. The molecule has 3 aromatic carbocycles. The predicted molar refractivity (Wildman–Crippen MR) is 124 cm³/mol. The molecule has 0 aliphatic rings. The number of amides is 2. The number of fused-ring (bicyclic) bond motifs is 1. The summed E-state index contributed by atoms with van der Waals surface area (Å²) in [5.74, 6) is -1.93. The third-order valence-corrected chi connectivity index (χ3v) is 5.38. The zero-order valence-corrected chi connectivity index (χ0v) is 19.2. The molecule has 34 heavy (non-hydrogen) atoms. The average Bonchev–Trinajstić information content (AvgIpc) is 3.14. The molecule has 11 heteroatoms. The van der Waals surface area contributed by atoms with Crippen molar-refractivity contribution in [1.82, 2.24) is 0 Å². The molecule has 0 atom stereocenters. The number of anilines is 2. The Morgan fingerprint density at radius 3 is 2.35 bits per heavy atom. The van der Waals surface area contributed by atoms with Crippen molar-refractivity contribution in [2.45, 2.75) is 6.36 Å². The van der Waals surface area contributed by atoms with E-state index >= 15 is 0 Å². The van der Waals surface area contributed by atoms with Gasteiger partial charge in [-0.2, -0.15) is 0 Å². The summed E-state index contributed by atoms with van der Waals surface area (Å²) in [4.78, 5) is 25.9. The Morgan fingerprint density at radius 1 is 0.941 bits per heavy atom. The number of hydrogen-bond acceptors (Lipinski definition) is 4. The number of halogens is 5. The van der Waals surface area contributed by atoms with Crippen LogP contribution in [0.3, 0.4) is 0 Å². The molecule has 4 rings (SSSR count). The summed E-state index contributed by atoms with van der Waals surface area (Å²) < 4.78 is 47.2. The predicted octanol–water partition coefficient (Wildman–Crippen LogP) is 7.25. The Bertz CT molecular complexity index is 1390. The van der Waals surface area contributed by atoms with E-state index in [4.69, 9.17) is 16.0 Å².